The molecule has 0 aliphatic heterocycles. The van der Waals surface area contributed by atoms with Gasteiger partial charge in [0.05, 0.1) is 29.1 Å². The van der Waals surface area contributed by atoms with Crippen molar-refractivity contribution in [2.45, 2.75) is 26.2 Å². The van der Waals surface area contributed by atoms with Gasteiger partial charge in [0.2, 0.25) is 0 Å². The number of carbonyl (C=O) groups is 1. The van der Waals surface area contributed by atoms with Crippen molar-refractivity contribution in [3.63, 3.8) is 0 Å². The van der Waals surface area contributed by atoms with Crippen LogP contribution >= 0.6 is 0 Å². The van der Waals surface area contributed by atoms with Crippen LogP contribution in [-0.2, 0) is 5.41 Å². The Kier molecular flexibility index (Phi) is 4.39. The van der Waals surface area contributed by atoms with Gasteiger partial charge in [-0.3, -0.25) is 9.36 Å². The molecule has 0 radical (unpaired) electrons. The minimum atomic E-state index is -0.200. The van der Waals surface area contributed by atoms with E-state index in [1.807, 2.05) is 61.7 Å². The number of benzene rings is 2. The molecule has 2 heterocycles. The third kappa shape index (κ3) is 3.49. The molecule has 2 aromatic heterocycles. The molecule has 28 heavy (non-hydrogen) atoms. The SMILES string of the molecule is CC(C)(C)c1ncc(NC(=O)c2ccc(-n3cnc4ccccc43)cc2)cn1. The molecule has 1 amide bonds. The molecule has 0 unspecified atom stereocenters. The lowest BCUT2D eigenvalue weighted by Gasteiger charge is -2.16. The number of nitrogens with zero attached hydrogens (tertiary/aromatic N) is 4. The summed E-state index contributed by atoms with van der Waals surface area (Å²) in [6.45, 7) is 6.14. The van der Waals surface area contributed by atoms with Crippen molar-refractivity contribution in [2.75, 3.05) is 5.32 Å². The Morgan fingerprint density at radius 3 is 2.29 bits per heavy atom. The molecule has 6 heteroatoms. The average molecular weight is 371 g/mol. The summed E-state index contributed by atoms with van der Waals surface area (Å²) in [7, 11) is 0. The molecule has 2 aromatic carbocycles. The van der Waals surface area contributed by atoms with E-state index in [1.165, 1.54) is 0 Å². The topological polar surface area (TPSA) is 72.7 Å². The molecule has 0 fully saturated rings. The number of rotatable bonds is 3. The Morgan fingerprint density at radius 2 is 1.61 bits per heavy atom. The molecule has 0 atom stereocenters. The molecule has 0 spiro atoms. The van der Waals surface area contributed by atoms with Crippen LogP contribution in [0.5, 0.6) is 0 Å². The first-order chi connectivity index (χ1) is 13.4. The summed E-state index contributed by atoms with van der Waals surface area (Å²) in [5.74, 6) is 0.538. The molecule has 0 bridgehead atoms. The Labute approximate surface area is 163 Å². The maximum absolute atomic E-state index is 12.5. The zero-order valence-corrected chi connectivity index (χ0v) is 16.0. The van der Waals surface area contributed by atoms with Crippen molar-refractivity contribution in [1.29, 1.82) is 0 Å². The molecule has 6 nitrogen and oxygen atoms in total. The first-order valence-corrected chi connectivity index (χ1v) is 9.08. The molecule has 0 saturated carbocycles. The quantitative estimate of drug-likeness (QED) is 0.580. The second kappa shape index (κ2) is 6.88. The van der Waals surface area contributed by atoms with E-state index in [2.05, 4.69) is 20.3 Å². The zero-order valence-electron chi connectivity index (χ0n) is 16.0. The highest BCUT2D eigenvalue weighted by molar-refractivity contribution is 6.04. The van der Waals surface area contributed by atoms with Crippen LogP contribution in [0.15, 0.2) is 67.3 Å². The normalized spacial score (nSPS) is 11.5. The van der Waals surface area contributed by atoms with Gasteiger partial charge in [0, 0.05) is 16.7 Å². The number of nitrogens with one attached hydrogen (secondary N) is 1. The number of fused-ring (bicyclic) bond motifs is 1. The number of para-hydroxylation sites is 2. The number of amides is 1. The molecule has 4 aromatic rings. The van der Waals surface area contributed by atoms with Crippen molar-refractivity contribution < 1.29 is 4.79 Å². The van der Waals surface area contributed by atoms with Gasteiger partial charge in [0.1, 0.15) is 12.2 Å². The fourth-order valence-corrected chi connectivity index (χ4v) is 2.92. The maximum atomic E-state index is 12.5. The number of imidazole rings is 1. The summed E-state index contributed by atoms with van der Waals surface area (Å²) in [5, 5.41) is 2.84. The lowest BCUT2D eigenvalue weighted by molar-refractivity contribution is 0.102. The van der Waals surface area contributed by atoms with Gasteiger partial charge in [-0.25, -0.2) is 15.0 Å². The number of aromatic nitrogens is 4. The van der Waals surface area contributed by atoms with Crippen molar-refractivity contribution in [2.24, 2.45) is 0 Å². The zero-order chi connectivity index (χ0) is 19.7. The molecular formula is C22H21N5O. The van der Waals surface area contributed by atoms with Crippen LogP contribution in [0.25, 0.3) is 16.7 Å². The van der Waals surface area contributed by atoms with Gasteiger partial charge >= 0.3 is 0 Å². The smallest absolute Gasteiger partial charge is 0.255 e. The van der Waals surface area contributed by atoms with E-state index in [-0.39, 0.29) is 11.3 Å². The second-order valence-corrected chi connectivity index (χ2v) is 7.65. The largest absolute Gasteiger partial charge is 0.319 e. The highest BCUT2D eigenvalue weighted by Crippen LogP contribution is 2.20. The summed E-state index contributed by atoms with van der Waals surface area (Å²) in [6.07, 6.45) is 5.06. The summed E-state index contributed by atoms with van der Waals surface area (Å²) >= 11 is 0. The Morgan fingerprint density at radius 1 is 0.929 bits per heavy atom. The number of hydrogen-bond donors (Lipinski definition) is 1. The van der Waals surface area contributed by atoms with Crippen molar-refractivity contribution in [3.05, 3.63) is 78.6 Å². The van der Waals surface area contributed by atoms with E-state index in [0.29, 0.717) is 11.3 Å². The molecule has 4 rings (SSSR count). The molecule has 1 N–H and O–H groups in total. The van der Waals surface area contributed by atoms with Crippen molar-refractivity contribution in [3.8, 4) is 5.69 Å². The summed E-state index contributed by atoms with van der Waals surface area (Å²) in [6, 6.07) is 15.3. The first kappa shape index (κ1) is 17.9. The van der Waals surface area contributed by atoms with E-state index in [1.54, 1.807) is 30.9 Å². The lowest BCUT2D eigenvalue weighted by Crippen LogP contribution is -2.17. The fourth-order valence-electron chi connectivity index (χ4n) is 2.92. The molecular weight excluding hydrogens is 350 g/mol. The summed E-state index contributed by atoms with van der Waals surface area (Å²) in [4.78, 5) is 25.6. The number of hydrogen-bond acceptors (Lipinski definition) is 4. The predicted octanol–water partition coefficient (Wildman–Crippen LogP) is 4.37. The third-order valence-corrected chi connectivity index (χ3v) is 4.44. The van der Waals surface area contributed by atoms with E-state index >= 15 is 0 Å². The third-order valence-electron chi connectivity index (χ3n) is 4.44. The van der Waals surface area contributed by atoms with Crippen molar-refractivity contribution >= 4 is 22.6 Å². The average Bonchev–Trinajstić information content (AvgIpc) is 3.12. The number of carbonyl (C=O) groups excluding carboxylic acids is 1. The lowest BCUT2D eigenvalue weighted by atomic mass is 9.96. The first-order valence-electron chi connectivity index (χ1n) is 9.08. The van der Waals surface area contributed by atoms with Crippen LogP contribution in [0.3, 0.4) is 0 Å². The van der Waals surface area contributed by atoms with Gasteiger partial charge in [-0.1, -0.05) is 32.9 Å². The van der Waals surface area contributed by atoms with Gasteiger partial charge in [0.15, 0.2) is 0 Å². The van der Waals surface area contributed by atoms with Gasteiger partial charge in [-0.15, -0.1) is 0 Å². The van der Waals surface area contributed by atoms with Crippen LogP contribution in [0.4, 0.5) is 5.69 Å². The maximum Gasteiger partial charge on any atom is 0.255 e. The molecule has 0 aliphatic rings. The Balaban J connectivity index is 1.51. The standard InChI is InChI=1S/C22H21N5O/c1-22(2,3)21-23-12-16(13-24-21)26-20(28)15-8-10-17(11-9-15)27-14-25-18-6-4-5-7-19(18)27/h4-14H,1-3H3,(H,26,28). The van der Waals surface area contributed by atoms with Gasteiger partial charge in [-0.05, 0) is 36.4 Å². The van der Waals surface area contributed by atoms with Crippen LogP contribution in [0, 0.1) is 0 Å². The highest BCUT2D eigenvalue weighted by Gasteiger charge is 2.17. The Bertz CT molecular complexity index is 1120. The van der Waals surface area contributed by atoms with Crippen LogP contribution in [0.2, 0.25) is 0 Å². The minimum absolute atomic E-state index is 0.129. The van der Waals surface area contributed by atoms with Gasteiger partial charge < -0.3 is 5.32 Å². The highest BCUT2D eigenvalue weighted by atomic mass is 16.1. The fraction of sp³-hybridized carbons (Fsp3) is 0.182. The van der Waals surface area contributed by atoms with E-state index in [9.17, 15) is 4.79 Å². The van der Waals surface area contributed by atoms with Crippen LogP contribution in [0.1, 0.15) is 37.0 Å². The van der Waals surface area contributed by atoms with E-state index < -0.39 is 0 Å². The summed E-state index contributed by atoms with van der Waals surface area (Å²) in [5.41, 5.74) is 3.91. The van der Waals surface area contributed by atoms with Crippen LogP contribution in [-0.4, -0.2) is 25.4 Å². The monoisotopic (exact) mass is 371 g/mol. The molecule has 140 valence electrons. The van der Waals surface area contributed by atoms with Crippen LogP contribution < -0.4 is 5.32 Å². The summed E-state index contributed by atoms with van der Waals surface area (Å²) < 4.78 is 2.00. The van der Waals surface area contributed by atoms with E-state index in [0.717, 1.165) is 22.5 Å². The molecule has 0 aliphatic carbocycles. The minimum Gasteiger partial charge on any atom is -0.319 e. The predicted molar refractivity (Wildman–Crippen MR) is 110 cm³/mol. The van der Waals surface area contributed by atoms with Crippen molar-refractivity contribution in [1.82, 2.24) is 19.5 Å². The van der Waals surface area contributed by atoms with Gasteiger partial charge in [-0.2, -0.15) is 0 Å². The van der Waals surface area contributed by atoms with E-state index in [4.69, 9.17) is 0 Å². The molecule has 0 saturated heterocycles. The second-order valence-electron chi connectivity index (χ2n) is 7.65. The van der Waals surface area contributed by atoms with Gasteiger partial charge in [0.25, 0.3) is 5.91 Å². The Hall–Kier alpha value is -3.54. The number of anilines is 1.